The molecule has 1 saturated heterocycles. The van der Waals surface area contributed by atoms with Crippen molar-refractivity contribution in [3.63, 3.8) is 0 Å². The van der Waals surface area contributed by atoms with Crippen LogP contribution in [0.2, 0.25) is 0 Å². The summed E-state index contributed by atoms with van der Waals surface area (Å²) >= 11 is 2.33. The zero-order valence-corrected chi connectivity index (χ0v) is 6.81. The Bertz CT molecular complexity index is 60.3. The molecule has 2 N–H and O–H groups in total. The van der Waals surface area contributed by atoms with Gasteiger partial charge in [-0.2, -0.15) is 0 Å². The van der Waals surface area contributed by atoms with E-state index in [0.717, 1.165) is 26.2 Å². The maximum Gasteiger partial charge on any atom is 0.0236 e. The van der Waals surface area contributed by atoms with Crippen LogP contribution >= 0.6 is 22.9 Å². The lowest BCUT2D eigenvalue weighted by Gasteiger charge is -2.06. The number of hydrogen-bond acceptors (Lipinski definition) is 3. The lowest BCUT2D eigenvalue weighted by atomic mass is 10.6. The van der Waals surface area contributed by atoms with E-state index in [4.69, 9.17) is 0 Å². The van der Waals surface area contributed by atoms with Crippen LogP contribution in [0, 0.1) is 0 Å². The second-order valence-corrected chi connectivity index (χ2v) is 3.13. The molecule has 1 aliphatic rings. The maximum absolute atomic E-state index is 3.08. The zero-order valence-electron chi connectivity index (χ0n) is 4.65. The minimum Gasteiger partial charge on any atom is -0.256 e. The van der Waals surface area contributed by atoms with E-state index >= 15 is 0 Å². The summed E-state index contributed by atoms with van der Waals surface area (Å²) in [7, 11) is 0. The van der Waals surface area contributed by atoms with E-state index in [1.54, 1.807) is 0 Å². The second kappa shape index (κ2) is 3.60. The third-order valence-corrected chi connectivity index (χ3v) is 2.05. The van der Waals surface area contributed by atoms with Crippen LogP contribution in [0.25, 0.3) is 0 Å². The van der Waals surface area contributed by atoms with E-state index in [0.29, 0.717) is 0 Å². The van der Waals surface area contributed by atoms with Crippen molar-refractivity contribution in [3.05, 3.63) is 0 Å². The molecule has 1 rings (SSSR count). The monoisotopic (exact) mass is 227 g/mol. The predicted molar refractivity (Wildman–Crippen MR) is 41.6 cm³/mol. The van der Waals surface area contributed by atoms with Crippen molar-refractivity contribution >= 4 is 22.9 Å². The van der Waals surface area contributed by atoms with E-state index in [9.17, 15) is 0 Å². The number of rotatable bonds is 0. The molecule has 0 radical (unpaired) electrons. The average molecular weight is 227 g/mol. The van der Waals surface area contributed by atoms with Gasteiger partial charge in [0.05, 0.1) is 0 Å². The van der Waals surface area contributed by atoms with Gasteiger partial charge in [-0.05, 0) is 0 Å². The summed E-state index contributed by atoms with van der Waals surface area (Å²) in [5, 5.41) is 0. The fraction of sp³-hybridized carbons (Fsp3) is 1.00. The van der Waals surface area contributed by atoms with E-state index in [1.165, 1.54) is 0 Å². The van der Waals surface area contributed by atoms with Crippen molar-refractivity contribution in [2.75, 3.05) is 26.2 Å². The lowest BCUT2D eigenvalue weighted by molar-refractivity contribution is 0.554. The van der Waals surface area contributed by atoms with Gasteiger partial charge in [0.2, 0.25) is 0 Å². The van der Waals surface area contributed by atoms with Gasteiger partial charge in [-0.25, -0.2) is 3.11 Å². The third-order valence-electron chi connectivity index (χ3n) is 1.08. The smallest absolute Gasteiger partial charge is 0.0236 e. The predicted octanol–water partition coefficient (Wildman–Crippen LogP) is -0.254. The summed E-state index contributed by atoms with van der Waals surface area (Å²) in [6.45, 7) is 4.35. The molecule has 1 aliphatic heterocycles. The first kappa shape index (κ1) is 6.73. The van der Waals surface area contributed by atoms with Gasteiger partial charge in [0.1, 0.15) is 0 Å². The van der Waals surface area contributed by atoms with Crippen molar-refractivity contribution < 1.29 is 0 Å². The van der Waals surface area contributed by atoms with Gasteiger partial charge in [0.25, 0.3) is 0 Å². The number of hydrazine groups is 1. The molecular formula is C4H10IN3. The molecule has 0 aromatic rings. The Morgan fingerprint density at radius 2 is 1.62 bits per heavy atom. The van der Waals surface area contributed by atoms with E-state index < -0.39 is 0 Å². The molecule has 0 atom stereocenters. The molecule has 48 valence electrons. The molecule has 0 aromatic heterocycles. The summed E-state index contributed by atoms with van der Waals surface area (Å²) in [6, 6.07) is 0. The molecule has 0 saturated carbocycles. The molecule has 1 fully saturated rings. The molecule has 8 heavy (non-hydrogen) atoms. The Kier molecular flexibility index (Phi) is 3.03. The molecule has 0 aliphatic carbocycles. The van der Waals surface area contributed by atoms with Crippen LogP contribution in [-0.4, -0.2) is 29.3 Å². The van der Waals surface area contributed by atoms with Gasteiger partial charge in [-0.15, -0.1) is 0 Å². The van der Waals surface area contributed by atoms with Crippen LogP contribution < -0.4 is 10.9 Å². The summed E-state index contributed by atoms with van der Waals surface area (Å²) in [4.78, 5) is 0. The normalized spacial score (nSPS) is 25.1. The summed E-state index contributed by atoms with van der Waals surface area (Å²) in [5.41, 5.74) is 6.16. The van der Waals surface area contributed by atoms with Gasteiger partial charge in [0.15, 0.2) is 0 Å². The fourth-order valence-electron chi connectivity index (χ4n) is 0.643. The van der Waals surface area contributed by atoms with E-state index in [2.05, 4.69) is 36.8 Å². The first-order chi connectivity index (χ1) is 3.89. The van der Waals surface area contributed by atoms with Gasteiger partial charge in [0, 0.05) is 49.0 Å². The number of nitrogens with zero attached hydrogens (tertiary/aromatic N) is 1. The summed E-state index contributed by atoms with van der Waals surface area (Å²) in [5.74, 6) is 0. The van der Waals surface area contributed by atoms with E-state index in [1.807, 2.05) is 0 Å². The SMILES string of the molecule is IN1CCNNCC1. The molecule has 0 amide bonds. The summed E-state index contributed by atoms with van der Waals surface area (Å²) in [6.07, 6.45) is 0. The highest BCUT2D eigenvalue weighted by Gasteiger charge is 2.01. The highest BCUT2D eigenvalue weighted by molar-refractivity contribution is 14.1. The molecule has 0 unspecified atom stereocenters. The van der Waals surface area contributed by atoms with Crippen molar-refractivity contribution in [2.24, 2.45) is 0 Å². The molecular weight excluding hydrogens is 217 g/mol. The zero-order chi connectivity index (χ0) is 5.82. The van der Waals surface area contributed by atoms with Crippen molar-refractivity contribution in [3.8, 4) is 0 Å². The van der Waals surface area contributed by atoms with Gasteiger partial charge < -0.3 is 0 Å². The highest BCUT2D eigenvalue weighted by Crippen LogP contribution is 1.95. The van der Waals surface area contributed by atoms with Gasteiger partial charge in [-0.1, -0.05) is 0 Å². The van der Waals surface area contributed by atoms with Crippen LogP contribution in [0.3, 0.4) is 0 Å². The molecule has 3 nitrogen and oxygen atoms in total. The maximum atomic E-state index is 3.08. The largest absolute Gasteiger partial charge is 0.256 e. The molecule has 1 heterocycles. The highest BCUT2D eigenvalue weighted by atomic mass is 127. The molecule has 0 bridgehead atoms. The van der Waals surface area contributed by atoms with Crippen LogP contribution in [0.1, 0.15) is 0 Å². The first-order valence-corrected chi connectivity index (χ1v) is 3.72. The van der Waals surface area contributed by atoms with Crippen LogP contribution in [0.4, 0.5) is 0 Å². The molecule has 0 spiro atoms. The average Bonchev–Trinajstić information content (AvgIpc) is 1.94. The Hall–Kier alpha value is 0.610. The minimum atomic E-state index is 1.04. The lowest BCUT2D eigenvalue weighted by Crippen LogP contribution is -2.32. The number of hydrogen-bond donors (Lipinski definition) is 2. The van der Waals surface area contributed by atoms with Crippen molar-refractivity contribution in [1.29, 1.82) is 0 Å². The van der Waals surface area contributed by atoms with Crippen LogP contribution in [0.15, 0.2) is 0 Å². The number of nitrogens with one attached hydrogen (secondary N) is 2. The molecule has 4 heteroatoms. The Morgan fingerprint density at radius 3 is 2.12 bits per heavy atom. The van der Waals surface area contributed by atoms with Crippen LogP contribution in [-0.2, 0) is 0 Å². The Balaban J connectivity index is 2.17. The summed E-state index contributed by atoms with van der Waals surface area (Å²) < 4.78 is 2.27. The molecule has 0 aromatic carbocycles. The quantitative estimate of drug-likeness (QED) is 0.441. The topological polar surface area (TPSA) is 27.3 Å². The van der Waals surface area contributed by atoms with Gasteiger partial charge in [-0.3, -0.25) is 10.9 Å². The van der Waals surface area contributed by atoms with Crippen LogP contribution in [0.5, 0.6) is 0 Å². The van der Waals surface area contributed by atoms with Crippen molar-refractivity contribution in [2.45, 2.75) is 0 Å². The Labute approximate surface area is 63.3 Å². The fourth-order valence-corrected chi connectivity index (χ4v) is 1.13. The van der Waals surface area contributed by atoms with Crippen molar-refractivity contribution in [1.82, 2.24) is 14.0 Å². The van der Waals surface area contributed by atoms with E-state index in [-0.39, 0.29) is 0 Å². The second-order valence-electron chi connectivity index (χ2n) is 1.76. The Morgan fingerprint density at radius 1 is 1.12 bits per heavy atom. The minimum absolute atomic E-state index is 1.04. The standard InChI is InChI=1S/C4H10IN3/c5-8-3-1-6-7-2-4-8/h6-7H,1-4H2. The first-order valence-electron chi connectivity index (χ1n) is 2.76. The number of halogens is 1. The van der Waals surface area contributed by atoms with Gasteiger partial charge >= 0.3 is 0 Å². The third kappa shape index (κ3) is 2.25.